The third-order valence-corrected chi connectivity index (χ3v) is 3.58. The highest BCUT2D eigenvalue weighted by molar-refractivity contribution is 6.17. The van der Waals surface area contributed by atoms with Crippen LogP contribution in [0.2, 0.25) is 0 Å². The van der Waals surface area contributed by atoms with Crippen LogP contribution in [0.15, 0.2) is 72.9 Å². The predicted molar refractivity (Wildman–Crippen MR) is 84.7 cm³/mol. The van der Waals surface area contributed by atoms with Gasteiger partial charge in [0.1, 0.15) is 0 Å². The van der Waals surface area contributed by atoms with Crippen LogP contribution in [-0.4, -0.2) is 4.98 Å². The van der Waals surface area contributed by atoms with Gasteiger partial charge in [0.15, 0.2) is 0 Å². The molecule has 0 radical (unpaired) electrons. The fraction of sp³-hybridized carbons (Fsp3) is 0.0556. The fourth-order valence-corrected chi connectivity index (χ4v) is 2.35. The van der Waals surface area contributed by atoms with Gasteiger partial charge >= 0.3 is 0 Å². The van der Waals surface area contributed by atoms with Crippen molar-refractivity contribution >= 4 is 11.6 Å². The molecule has 1 nitrogen and oxygen atoms in total. The van der Waals surface area contributed by atoms with Crippen LogP contribution in [0.4, 0.5) is 0 Å². The quantitative estimate of drug-likeness (QED) is 0.604. The largest absolute Gasteiger partial charge is 0.256 e. The third kappa shape index (κ3) is 2.73. The van der Waals surface area contributed by atoms with Gasteiger partial charge < -0.3 is 0 Å². The monoisotopic (exact) mass is 279 g/mol. The first-order chi connectivity index (χ1) is 9.86. The van der Waals surface area contributed by atoms with E-state index in [-0.39, 0.29) is 0 Å². The van der Waals surface area contributed by atoms with Crippen molar-refractivity contribution in [2.24, 2.45) is 0 Å². The van der Waals surface area contributed by atoms with Crippen LogP contribution in [0.25, 0.3) is 22.4 Å². The van der Waals surface area contributed by atoms with E-state index in [1.54, 1.807) is 6.20 Å². The normalized spacial score (nSPS) is 10.4. The van der Waals surface area contributed by atoms with Gasteiger partial charge in [0.25, 0.3) is 0 Å². The highest BCUT2D eigenvalue weighted by Gasteiger charge is 2.02. The number of rotatable bonds is 3. The number of hydrogen-bond acceptors (Lipinski definition) is 1. The van der Waals surface area contributed by atoms with E-state index in [1.807, 2.05) is 18.2 Å². The van der Waals surface area contributed by atoms with Gasteiger partial charge in [-0.2, -0.15) is 0 Å². The number of nitrogens with zero attached hydrogens (tertiary/aromatic N) is 1. The number of pyridine rings is 1. The fourth-order valence-electron chi connectivity index (χ4n) is 2.18. The first kappa shape index (κ1) is 12.9. The Morgan fingerprint density at radius 1 is 0.750 bits per heavy atom. The summed E-state index contributed by atoms with van der Waals surface area (Å²) >= 11 is 5.86. The summed E-state index contributed by atoms with van der Waals surface area (Å²) in [6.07, 6.45) is 1.80. The van der Waals surface area contributed by atoms with E-state index in [1.165, 1.54) is 11.1 Å². The molecule has 2 aromatic carbocycles. The minimum atomic E-state index is 0.512. The second-order valence-electron chi connectivity index (χ2n) is 4.63. The summed E-state index contributed by atoms with van der Waals surface area (Å²) in [7, 11) is 0. The molecule has 0 bridgehead atoms. The van der Waals surface area contributed by atoms with Crippen molar-refractivity contribution in [1.29, 1.82) is 0 Å². The lowest BCUT2D eigenvalue weighted by molar-refractivity contribution is 1.27. The Morgan fingerprint density at radius 3 is 2.10 bits per heavy atom. The zero-order valence-corrected chi connectivity index (χ0v) is 11.7. The standard InChI is InChI=1S/C18H14ClN/c19-13-14-10-11-20-18(12-14)17-8-6-16(7-9-17)15-4-2-1-3-5-15/h1-12H,13H2. The number of halogens is 1. The molecule has 20 heavy (non-hydrogen) atoms. The molecule has 0 spiro atoms. The Morgan fingerprint density at radius 2 is 1.40 bits per heavy atom. The molecular weight excluding hydrogens is 266 g/mol. The SMILES string of the molecule is ClCc1ccnc(-c2ccc(-c3ccccc3)cc2)c1. The molecule has 0 saturated heterocycles. The van der Waals surface area contributed by atoms with Crippen LogP contribution < -0.4 is 0 Å². The van der Waals surface area contributed by atoms with Crippen molar-refractivity contribution in [2.75, 3.05) is 0 Å². The number of hydrogen-bond donors (Lipinski definition) is 0. The molecule has 0 saturated carbocycles. The first-order valence-corrected chi connectivity index (χ1v) is 7.07. The summed E-state index contributed by atoms with van der Waals surface area (Å²) in [5.41, 5.74) is 5.59. The van der Waals surface area contributed by atoms with Crippen molar-refractivity contribution in [2.45, 2.75) is 5.88 Å². The summed E-state index contributed by atoms with van der Waals surface area (Å²) in [6, 6.07) is 22.8. The maximum atomic E-state index is 5.86. The summed E-state index contributed by atoms with van der Waals surface area (Å²) in [6.45, 7) is 0. The van der Waals surface area contributed by atoms with Crippen LogP contribution in [0.3, 0.4) is 0 Å². The van der Waals surface area contributed by atoms with E-state index in [9.17, 15) is 0 Å². The summed E-state index contributed by atoms with van der Waals surface area (Å²) < 4.78 is 0. The first-order valence-electron chi connectivity index (χ1n) is 6.53. The lowest BCUT2D eigenvalue weighted by atomic mass is 10.0. The molecule has 0 unspecified atom stereocenters. The molecule has 0 fully saturated rings. The van der Waals surface area contributed by atoms with Gasteiger partial charge in [-0.25, -0.2) is 0 Å². The summed E-state index contributed by atoms with van der Waals surface area (Å²) in [5.74, 6) is 0.512. The lowest BCUT2D eigenvalue weighted by Crippen LogP contribution is -1.86. The van der Waals surface area contributed by atoms with Gasteiger partial charge in [-0.15, -0.1) is 11.6 Å². The zero-order valence-electron chi connectivity index (χ0n) is 11.0. The molecule has 0 atom stereocenters. The van der Waals surface area contributed by atoms with Crippen LogP contribution in [-0.2, 0) is 5.88 Å². The number of alkyl halides is 1. The molecule has 3 aromatic rings. The molecule has 0 aliphatic heterocycles. The number of aromatic nitrogens is 1. The molecule has 1 aromatic heterocycles. The van der Waals surface area contributed by atoms with Gasteiger partial charge in [0, 0.05) is 17.6 Å². The van der Waals surface area contributed by atoms with Gasteiger partial charge in [-0.1, -0.05) is 54.6 Å². The molecule has 0 N–H and O–H groups in total. The summed E-state index contributed by atoms with van der Waals surface area (Å²) in [4.78, 5) is 4.40. The van der Waals surface area contributed by atoms with Crippen LogP contribution in [0, 0.1) is 0 Å². The maximum Gasteiger partial charge on any atom is 0.0705 e. The third-order valence-electron chi connectivity index (χ3n) is 3.27. The molecular formula is C18H14ClN. The van der Waals surface area contributed by atoms with Gasteiger partial charge in [-0.3, -0.25) is 4.98 Å². The van der Waals surface area contributed by atoms with Gasteiger partial charge in [-0.05, 0) is 28.8 Å². The molecule has 1 heterocycles. The van der Waals surface area contributed by atoms with Gasteiger partial charge in [0.05, 0.1) is 5.69 Å². The Balaban J connectivity index is 1.93. The van der Waals surface area contributed by atoms with Crippen LogP contribution >= 0.6 is 11.6 Å². The van der Waals surface area contributed by atoms with Crippen LogP contribution in [0.5, 0.6) is 0 Å². The minimum absolute atomic E-state index is 0.512. The Kier molecular flexibility index (Phi) is 3.80. The molecule has 2 heteroatoms. The molecule has 0 aliphatic carbocycles. The van der Waals surface area contributed by atoms with Crippen molar-refractivity contribution in [3.63, 3.8) is 0 Å². The predicted octanol–water partition coefficient (Wildman–Crippen LogP) is 5.15. The zero-order chi connectivity index (χ0) is 13.8. The highest BCUT2D eigenvalue weighted by atomic mass is 35.5. The second kappa shape index (κ2) is 5.89. The highest BCUT2D eigenvalue weighted by Crippen LogP contribution is 2.24. The van der Waals surface area contributed by atoms with Gasteiger partial charge in [0.2, 0.25) is 0 Å². The molecule has 3 rings (SSSR count). The Labute approximate surface area is 123 Å². The average molecular weight is 280 g/mol. The van der Waals surface area contributed by atoms with E-state index in [0.717, 1.165) is 16.8 Å². The van der Waals surface area contributed by atoms with E-state index in [4.69, 9.17) is 11.6 Å². The smallest absolute Gasteiger partial charge is 0.0705 e. The molecule has 98 valence electrons. The Bertz CT molecular complexity index is 690. The maximum absolute atomic E-state index is 5.86. The average Bonchev–Trinajstić information content (AvgIpc) is 2.56. The minimum Gasteiger partial charge on any atom is -0.256 e. The van der Waals surface area contributed by atoms with Crippen molar-refractivity contribution < 1.29 is 0 Å². The summed E-state index contributed by atoms with van der Waals surface area (Å²) in [5, 5.41) is 0. The van der Waals surface area contributed by atoms with Crippen molar-refractivity contribution in [3.8, 4) is 22.4 Å². The molecule has 0 amide bonds. The van der Waals surface area contributed by atoms with E-state index in [0.29, 0.717) is 5.88 Å². The number of benzene rings is 2. The lowest BCUT2D eigenvalue weighted by Gasteiger charge is -2.05. The topological polar surface area (TPSA) is 12.9 Å². The Hall–Kier alpha value is -2.12. The molecule has 0 aliphatic rings. The van der Waals surface area contributed by atoms with E-state index < -0.39 is 0 Å². The van der Waals surface area contributed by atoms with E-state index in [2.05, 4.69) is 53.5 Å². The second-order valence-corrected chi connectivity index (χ2v) is 4.89. The van der Waals surface area contributed by atoms with Crippen LogP contribution in [0.1, 0.15) is 5.56 Å². The van der Waals surface area contributed by atoms with Crippen molar-refractivity contribution in [3.05, 3.63) is 78.5 Å². The van der Waals surface area contributed by atoms with E-state index >= 15 is 0 Å². The van der Waals surface area contributed by atoms with Crippen molar-refractivity contribution in [1.82, 2.24) is 4.98 Å².